The quantitative estimate of drug-likeness (QED) is 0.338. The molecule has 0 saturated carbocycles. The Bertz CT molecular complexity index is 1500. The molecular formula is C29H26N4O3. The van der Waals surface area contributed by atoms with Crippen molar-refractivity contribution in [2.75, 3.05) is 20.8 Å². The summed E-state index contributed by atoms with van der Waals surface area (Å²) in [7, 11) is 3.21. The van der Waals surface area contributed by atoms with E-state index >= 15 is 0 Å². The van der Waals surface area contributed by atoms with E-state index < -0.39 is 0 Å². The summed E-state index contributed by atoms with van der Waals surface area (Å²) in [6.45, 7) is 0.450. The van der Waals surface area contributed by atoms with Gasteiger partial charge in [-0.3, -0.25) is 4.79 Å². The molecule has 0 bridgehead atoms. The van der Waals surface area contributed by atoms with E-state index in [1.54, 1.807) is 24.8 Å². The van der Waals surface area contributed by atoms with E-state index in [1.807, 2.05) is 84.9 Å². The fourth-order valence-electron chi connectivity index (χ4n) is 4.09. The van der Waals surface area contributed by atoms with Crippen molar-refractivity contribution in [3.05, 3.63) is 102 Å². The average molecular weight is 479 g/mol. The van der Waals surface area contributed by atoms with Gasteiger partial charge in [0.05, 0.1) is 25.6 Å². The molecule has 0 spiro atoms. The third kappa shape index (κ3) is 4.77. The Morgan fingerprint density at radius 3 is 2.14 bits per heavy atom. The van der Waals surface area contributed by atoms with Crippen LogP contribution in [-0.2, 0) is 6.42 Å². The van der Waals surface area contributed by atoms with Crippen LogP contribution in [0.3, 0.4) is 0 Å². The number of ether oxygens (including phenoxy) is 2. The highest BCUT2D eigenvalue weighted by Gasteiger charge is 2.17. The SMILES string of the molecule is COc1ccc(CCNC(=O)c2cc(-c3ccccc3)nc3cc(-c4ccccc4)nn23)cc1OC. The summed E-state index contributed by atoms with van der Waals surface area (Å²) in [5, 5.41) is 7.74. The molecule has 0 aliphatic heterocycles. The lowest BCUT2D eigenvalue weighted by atomic mass is 10.1. The number of rotatable bonds is 8. The van der Waals surface area contributed by atoms with Crippen molar-refractivity contribution < 1.29 is 14.3 Å². The van der Waals surface area contributed by atoms with Crippen LogP contribution in [0, 0.1) is 0 Å². The molecule has 2 heterocycles. The van der Waals surface area contributed by atoms with Crippen molar-refractivity contribution in [1.82, 2.24) is 19.9 Å². The Morgan fingerprint density at radius 2 is 1.47 bits per heavy atom. The fraction of sp³-hybridized carbons (Fsp3) is 0.138. The number of carbonyl (C=O) groups excluding carboxylic acids is 1. The van der Waals surface area contributed by atoms with Crippen molar-refractivity contribution in [2.24, 2.45) is 0 Å². The molecule has 1 N–H and O–H groups in total. The van der Waals surface area contributed by atoms with Crippen molar-refractivity contribution in [2.45, 2.75) is 6.42 Å². The van der Waals surface area contributed by atoms with E-state index in [4.69, 9.17) is 19.6 Å². The third-order valence-electron chi connectivity index (χ3n) is 5.95. The highest BCUT2D eigenvalue weighted by molar-refractivity contribution is 5.94. The molecule has 5 aromatic rings. The van der Waals surface area contributed by atoms with Gasteiger partial charge in [0, 0.05) is 23.7 Å². The number of amides is 1. The maximum Gasteiger partial charge on any atom is 0.270 e. The lowest BCUT2D eigenvalue weighted by Crippen LogP contribution is -2.28. The second-order valence-electron chi connectivity index (χ2n) is 8.25. The summed E-state index contributed by atoms with van der Waals surface area (Å²) in [6, 6.07) is 29.1. The van der Waals surface area contributed by atoms with Gasteiger partial charge in [0.2, 0.25) is 0 Å². The smallest absolute Gasteiger partial charge is 0.270 e. The minimum absolute atomic E-state index is 0.220. The van der Waals surface area contributed by atoms with Gasteiger partial charge in [0.15, 0.2) is 17.1 Å². The molecule has 7 heteroatoms. The predicted octanol–water partition coefficient (Wildman–Crippen LogP) is 5.05. The third-order valence-corrected chi connectivity index (χ3v) is 5.95. The molecule has 180 valence electrons. The van der Waals surface area contributed by atoms with Crippen LogP contribution in [0.5, 0.6) is 11.5 Å². The number of fused-ring (bicyclic) bond motifs is 1. The van der Waals surface area contributed by atoms with Gasteiger partial charge in [0.25, 0.3) is 5.91 Å². The van der Waals surface area contributed by atoms with Crippen LogP contribution >= 0.6 is 0 Å². The van der Waals surface area contributed by atoms with Crippen LogP contribution < -0.4 is 14.8 Å². The zero-order valence-electron chi connectivity index (χ0n) is 20.1. The second kappa shape index (κ2) is 10.3. The summed E-state index contributed by atoms with van der Waals surface area (Å²) >= 11 is 0. The van der Waals surface area contributed by atoms with Gasteiger partial charge in [-0.1, -0.05) is 66.7 Å². The molecule has 1 amide bonds. The lowest BCUT2D eigenvalue weighted by molar-refractivity contribution is 0.0946. The number of benzene rings is 3. The standard InChI is InChI=1S/C29H26N4O3/c1-35-26-14-13-20(17-27(26)36-2)15-16-30-29(34)25-18-23(21-9-5-3-6-10-21)31-28-19-24(32-33(25)28)22-11-7-4-8-12-22/h3-14,17-19H,15-16H2,1-2H3,(H,30,34). The number of nitrogens with one attached hydrogen (secondary N) is 1. The van der Waals surface area contributed by atoms with E-state index in [1.165, 1.54) is 0 Å². The number of hydrogen-bond acceptors (Lipinski definition) is 5. The van der Waals surface area contributed by atoms with Crippen molar-refractivity contribution in [3.8, 4) is 34.0 Å². The average Bonchev–Trinajstić information content (AvgIpc) is 3.37. The normalized spacial score (nSPS) is 10.8. The summed E-state index contributed by atoms with van der Waals surface area (Å²) in [4.78, 5) is 18.1. The Labute approximate surface area is 209 Å². The van der Waals surface area contributed by atoms with Gasteiger partial charge in [-0.15, -0.1) is 0 Å². The van der Waals surface area contributed by atoms with Crippen LogP contribution in [0.2, 0.25) is 0 Å². The van der Waals surface area contributed by atoms with Crippen molar-refractivity contribution in [3.63, 3.8) is 0 Å². The Balaban J connectivity index is 1.44. The van der Waals surface area contributed by atoms with Gasteiger partial charge in [-0.25, -0.2) is 9.50 Å². The number of methoxy groups -OCH3 is 2. The molecular weight excluding hydrogens is 452 g/mol. The fourth-order valence-corrected chi connectivity index (χ4v) is 4.09. The predicted molar refractivity (Wildman–Crippen MR) is 139 cm³/mol. The molecule has 0 atom stereocenters. The largest absolute Gasteiger partial charge is 0.493 e. The number of nitrogens with zero attached hydrogens (tertiary/aromatic N) is 3. The van der Waals surface area contributed by atoms with Crippen LogP contribution in [0.1, 0.15) is 16.1 Å². The summed E-state index contributed by atoms with van der Waals surface area (Å²) in [5.74, 6) is 1.11. The van der Waals surface area contributed by atoms with Crippen molar-refractivity contribution in [1.29, 1.82) is 0 Å². The Morgan fingerprint density at radius 1 is 0.806 bits per heavy atom. The molecule has 0 unspecified atom stereocenters. The highest BCUT2D eigenvalue weighted by atomic mass is 16.5. The lowest BCUT2D eigenvalue weighted by Gasteiger charge is -2.11. The van der Waals surface area contributed by atoms with Crippen LogP contribution in [-0.4, -0.2) is 41.3 Å². The summed E-state index contributed by atoms with van der Waals surface area (Å²) in [6.07, 6.45) is 0.639. The van der Waals surface area contributed by atoms with E-state index in [-0.39, 0.29) is 5.91 Å². The Kier molecular flexibility index (Phi) is 6.62. The van der Waals surface area contributed by atoms with Crippen LogP contribution in [0.15, 0.2) is 91.0 Å². The monoisotopic (exact) mass is 478 g/mol. The molecule has 0 saturated heterocycles. The first kappa shape index (κ1) is 23.1. The van der Waals surface area contributed by atoms with E-state index in [0.29, 0.717) is 41.5 Å². The topological polar surface area (TPSA) is 77.8 Å². The van der Waals surface area contributed by atoms with E-state index in [9.17, 15) is 4.79 Å². The minimum Gasteiger partial charge on any atom is -0.493 e. The second-order valence-corrected chi connectivity index (χ2v) is 8.25. The van der Waals surface area contributed by atoms with E-state index in [2.05, 4.69) is 5.32 Å². The highest BCUT2D eigenvalue weighted by Crippen LogP contribution is 2.28. The number of aromatic nitrogens is 3. The van der Waals surface area contributed by atoms with E-state index in [0.717, 1.165) is 22.4 Å². The van der Waals surface area contributed by atoms with Gasteiger partial charge >= 0.3 is 0 Å². The molecule has 0 radical (unpaired) electrons. The number of hydrogen-bond donors (Lipinski definition) is 1. The summed E-state index contributed by atoms with van der Waals surface area (Å²) in [5.41, 5.74) is 5.43. The molecule has 7 nitrogen and oxygen atoms in total. The first-order valence-corrected chi connectivity index (χ1v) is 11.7. The van der Waals surface area contributed by atoms with Crippen LogP contribution in [0.4, 0.5) is 0 Å². The molecule has 0 aliphatic rings. The number of carbonyl (C=O) groups is 1. The maximum absolute atomic E-state index is 13.4. The minimum atomic E-state index is -0.220. The molecule has 2 aromatic heterocycles. The molecule has 36 heavy (non-hydrogen) atoms. The first-order valence-electron chi connectivity index (χ1n) is 11.7. The van der Waals surface area contributed by atoms with Crippen molar-refractivity contribution >= 4 is 11.6 Å². The molecule has 5 rings (SSSR count). The zero-order valence-corrected chi connectivity index (χ0v) is 20.1. The first-order chi connectivity index (χ1) is 17.7. The molecule has 0 aliphatic carbocycles. The molecule has 0 fully saturated rings. The van der Waals surface area contributed by atoms with Gasteiger partial charge < -0.3 is 14.8 Å². The zero-order chi connectivity index (χ0) is 24.9. The summed E-state index contributed by atoms with van der Waals surface area (Å²) < 4.78 is 12.3. The van der Waals surface area contributed by atoms with Gasteiger partial charge in [-0.05, 0) is 30.2 Å². The maximum atomic E-state index is 13.4. The Hall–Kier alpha value is -4.65. The van der Waals surface area contributed by atoms with Gasteiger partial charge in [0.1, 0.15) is 5.69 Å². The molecule has 3 aromatic carbocycles. The van der Waals surface area contributed by atoms with Crippen LogP contribution in [0.25, 0.3) is 28.2 Å². The van der Waals surface area contributed by atoms with Gasteiger partial charge in [-0.2, -0.15) is 5.10 Å².